The molecule has 0 amide bonds. The van der Waals surface area contributed by atoms with Gasteiger partial charge >= 0.3 is 0 Å². The van der Waals surface area contributed by atoms with Gasteiger partial charge in [-0.2, -0.15) is 0 Å². The van der Waals surface area contributed by atoms with Crippen LogP contribution in [0.4, 0.5) is 0 Å². The Bertz CT molecular complexity index is 1400. The van der Waals surface area contributed by atoms with Gasteiger partial charge in [0.15, 0.2) is 5.78 Å². The number of hydrogen-bond donors (Lipinski definition) is 0. The Labute approximate surface area is 214 Å². The van der Waals surface area contributed by atoms with E-state index in [9.17, 15) is 18.0 Å². The number of ketones is 2. The number of allylic oxidation sites excluding steroid dienone is 1. The first kappa shape index (κ1) is 24.9. The Morgan fingerprint density at radius 1 is 0.829 bits per heavy atom. The molecule has 0 saturated heterocycles. The summed E-state index contributed by atoms with van der Waals surface area (Å²) in [6.07, 6.45) is 0. The number of carbonyl (C=O) groups excluding carboxylic acids is 2. The van der Waals surface area contributed by atoms with Crippen LogP contribution in [0.3, 0.4) is 0 Å². The van der Waals surface area contributed by atoms with E-state index in [4.69, 9.17) is 0 Å². The summed E-state index contributed by atoms with van der Waals surface area (Å²) in [4.78, 5) is 29.2. The predicted molar refractivity (Wildman–Crippen MR) is 139 cm³/mol. The molecule has 0 aliphatic carbocycles. The molecule has 4 rings (SSSR count). The fraction of sp³-hybridized carbons (Fsp3) is 0.185. The van der Waals surface area contributed by atoms with Crippen LogP contribution in [0.25, 0.3) is 5.70 Å². The lowest BCUT2D eigenvalue weighted by Gasteiger charge is -2.37. The molecule has 0 spiro atoms. The smallest absolute Gasteiger partial charge is 0.265 e. The molecule has 35 heavy (non-hydrogen) atoms. The van der Waals surface area contributed by atoms with Crippen LogP contribution in [0.5, 0.6) is 0 Å². The summed E-state index contributed by atoms with van der Waals surface area (Å²) >= 11 is 3.35. The third-order valence-electron chi connectivity index (χ3n) is 5.97. The van der Waals surface area contributed by atoms with E-state index < -0.39 is 28.1 Å². The van der Waals surface area contributed by atoms with Crippen molar-refractivity contribution < 1.29 is 18.0 Å². The third-order valence-corrected chi connectivity index (χ3v) is 8.30. The van der Waals surface area contributed by atoms with Gasteiger partial charge in [-0.15, -0.1) is 0 Å². The molecular formula is C27H25BrN2O4S. The van der Waals surface area contributed by atoms with Gasteiger partial charge in [-0.3, -0.25) is 13.9 Å². The molecule has 3 aromatic rings. The minimum Gasteiger partial charge on any atom is -0.370 e. The number of nitrogens with zero attached hydrogens (tertiary/aromatic N) is 2. The van der Waals surface area contributed by atoms with Gasteiger partial charge in [0, 0.05) is 34.3 Å². The van der Waals surface area contributed by atoms with Crippen LogP contribution >= 0.6 is 15.9 Å². The molecule has 0 fully saturated rings. The minimum atomic E-state index is -4.18. The van der Waals surface area contributed by atoms with Crippen molar-refractivity contribution in [1.29, 1.82) is 0 Å². The summed E-state index contributed by atoms with van der Waals surface area (Å²) in [6.45, 7) is 4.52. The maximum atomic E-state index is 13.9. The van der Waals surface area contributed by atoms with Gasteiger partial charge in [-0.05, 0) is 32.0 Å². The van der Waals surface area contributed by atoms with Crippen LogP contribution in [0.15, 0.2) is 93.9 Å². The van der Waals surface area contributed by atoms with E-state index in [0.29, 0.717) is 35.5 Å². The average Bonchev–Trinajstić information content (AvgIpc) is 2.88. The second-order valence-corrected chi connectivity index (χ2v) is 10.7. The summed E-state index contributed by atoms with van der Waals surface area (Å²) < 4.78 is 29.5. The highest BCUT2D eigenvalue weighted by Gasteiger charge is 2.42. The summed E-state index contributed by atoms with van der Waals surface area (Å²) in [5.74, 6) is -0.855. The zero-order valence-corrected chi connectivity index (χ0v) is 21.8. The molecular weight excluding hydrogens is 528 g/mol. The molecule has 0 aromatic heterocycles. The van der Waals surface area contributed by atoms with Crippen LogP contribution in [-0.2, 0) is 10.0 Å². The Balaban J connectivity index is 1.97. The molecule has 1 aliphatic rings. The van der Waals surface area contributed by atoms with Crippen LogP contribution in [0.2, 0.25) is 0 Å². The number of sulfonamides is 1. The van der Waals surface area contributed by atoms with E-state index >= 15 is 0 Å². The first-order chi connectivity index (χ1) is 16.8. The van der Waals surface area contributed by atoms with Crippen LogP contribution in [0.1, 0.15) is 40.1 Å². The maximum absolute atomic E-state index is 13.9. The monoisotopic (exact) mass is 552 g/mol. The van der Waals surface area contributed by atoms with Gasteiger partial charge in [-0.1, -0.05) is 76.6 Å². The number of hydrogen-bond acceptors (Lipinski definition) is 5. The molecule has 0 radical (unpaired) electrons. The van der Waals surface area contributed by atoms with E-state index in [1.165, 1.54) is 6.07 Å². The van der Waals surface area contributed by atoms with Crippen molar-refractivity contribution in [2.24, 2.45) is 0 Å². The number of benzene rings is 3. The van der Waals surface area contributed by atoms with E-state index in [-0.39, 0.29) is 10.6 Å². The Hall–Kier alpha value is -3.23. The van der Waals surface area contributed by atoms with Gasteiger partial charge in [0.25, 0.3) is 10.0 Å². The van der Waals surface area contributed by atoms with Crippen molar-refractivity contribution in [1.82, 2.24) is 9.21 Å². The van der Waals surface area contributed by atoms with Gasteiger partial charge in [0.1, 0.15) is 5.70 Å². The highest BCUT2D eigenvalue weighted by atomic mass is 79.9. The van der Waals surface area contributed by atoms with Crippen LogP contribution in [-0.4, -0.2) is 48.8 Å². The Morgan fingerprint density at radius 3 is 2.06 bits per heavy atom. The number of Topliss-reactive ketones (excluding diaryl/α,β-unsaturated/α-hetero) is 2. The standard InChI is InChI=1S/C27H25BrN2O4S/c1-3-29(4-2)25-22-12-8-9-13-24(22)35(33,34)30(18-23(31)19-14-16-21(28)17-15-19)26(25)27(32)20-10-6-5-7-11-20/h5-17H,3-4,18H2,1-2H3. The fourth-order valence-electron chi connectivity index (χ4n) is 4.20. The second kappa shape index (κ2) is 10.2. The summed E-state index contributed by atoms with van der Waals surface area (Å²) in [7, 11) is -4.18. The molecule has 0 N–H and O–H groups in total. The highest BCUT2D eigenvalue weighted by Crippen LogP contribution is 2.40. The zero-order chi connectivity index (χ0) is 25.2. The molecule has 3 aromatic carbocycles. The van der Waals surface area contributed by atoms with E-state index in [1.807, 2.05) is 18.7 Å². The SMILES string of the molecule is CCN(CC)C1=C(C(=O)c2ccccc2)N(CC(=O)c2ccc(Br)cc2)S(=O)(=O)c2ccccc21. The van der Waals surface area contributed by atoms with Crippen molar-refractivity contribution in [3.8, 4) is 0 Å². The van der Waals surface area contributed by atoms with Crippen molar-refractivity contribution in [3.05, 3.63) is 106 Å². The number of carbonyl (C=O) groups is 2. The molecule has 1 heterocycles. The normalized spacial score (nSPS) is 14.4. The fourth-order valence-corrected chi connectivity index (χ4v) is 6.09. The lowest BCUT2D eigenvalue weighted by atomic mass is 10.0. The molecule has 0 saturated carbocycles. The molecule has 8 heteroatoms. The topological polar surface area (TPSA) is 74.8 Å². The molecule has 1 aliphatic heterocycles. The largest absolute Gasteiger partial charge is 0.370 e. The van der Waals surface area contributed by atoms with Gasteiger partial charge in [0.05, 0.1) is 17.1 Å². The maximum Gasteiger partial charge on any atom is 0.265 e. The average molecular weight is 553 g/mol. The Kier molecular flexibility index (Phi) is 7.23. The number of rotatable bonds is 8. The molecule has 6 nitrogen and oxygen atoms in total. The molecule has 0 unspecified atom stereocenters. The third kappa shape index (κ3) is 4.68. The van der Waals surface area contributed by atoms with E-state index in [1.54, 1.807) is 72.8 Å². The number of halogens is 1. The summed E-state index contributed by atoms with van der Waals surface area (Å²) in [5.41, 5.74) is 1.67. The second-order valence-electron chi connectivity index (χ2n) is 8.00. The molecule has 180 valence electrons. The quantitative estimate of drug-likeness (QED) is 0.357. The first-order valence-corrected chi connectivity index (χ1v) is 13.5. The highest BCUT2D eigenvalue weighted by molar-refractivity contribution is 9.10. The Morgan fingerprint density at radius 2 is 1.43 bits per heavy atom. The summed E-state index contributed by atoms with van der Waals surface area (Å²) in [5, 5.41) is 0. The first-order valence-electron chi connectivity index (χ1n) is 11.3. The van der Waals surface area contributed by atoms with E-state index in [0.717, 1.165) is 8.78 Å². The van der Waals surface area contributed by atoms with Crippen LogP contribution < -0.4 is 0 Å². The van der Waals surface area contributed by atoms with Gasteiger partial charge in [-0.25, -0.2) is 8.42 Å². The molecule has 0 atom stereocenters. The predicted octanol–water partition coefficient (Wildman–Crippen LogP) is 5.23. The minimum absolute atomic E-state index is 0.0101. The van der Waals surface area contributed by atoms with Crippen molar-refractivity contribution in [2.75, 3.05) is 19.6 Å². The van der Waals surface area contributed by atoms with Gasteiger partial charge < -0.3 is 4.90 Å². The number of fused-ring (bicyclic) bond motifs is 1. The van der Waals surface area contributed by atoms with Crippen molar-refractivity contribution in [2.45, 2.75) is 18.7 Å². The lowest BCUT2D eigenvalue weighted by molar-refractivity contribution is 0.0957. The van der Waals surface area contributed by atoms with Gasteiger partial charge in [0.2, 0.25) is 5.78 Å². The molecule has 0 bridgehead atoms. The van der Waals surface area contributed by atoms with Crippen molar-refractivity contribution in [3.63, 3.8) is 0 Å². The van der Waals surface area contributed by atoms with Crippen molar-refractivity contribution >= 4 is 43.2 Å². The zero-order valence-electron chi connectivity index (χ0n) is 19.4. The summed E-state index contributed by atoms with van der Waals surface area (Å²) in [6, 6.07) is 21.9. The van der Waals surface area contributed by atoms with Crippen LogP contribution in [0, 0.1) is 0 Å². The van der Waals surface area contributed by atoms with E-state index in [2.05, 4.69) is 15.9 Å². The lowest BCUT2D eigenvalue weighted by Crippen LogP contribution is -2.43.